The third kappa shape index (κ3) is 3.42. The maximum Gasteiger partial charge on any atom is 0.341 e. The first-order valence-electron chi connectivity index (χ1n) is 9.23. The van der Waals surface area contributed by atoms with Gasteiger partial charge in [0.2, 0.25) is 5.91 Å². The highest BCUT2D eigenvalue weighted by Crippen LogP contribution is 2.39. The van der Waals surface area contributed by atoms with E-state index >= 15 is 0 Å². The molecule has 1 amide bonds. The van der Waals surface area contributed by atoms with Crippen LogP contribution in [0.25, 0.3) is 11.0 Å². The lowest BCUT2D eigenvalue weighted by molar-refractivity contribution is -0.113. The summed E-state index contributed by atoms with van der Waals surface area (Å²) in [5, 5.41) is 4.34. The third-order valence-corrected chi connectivity index (χ3v) is 7.02. The highest BCUT2D eigenvalue weighted by molar-refractivity contribution is 7.99. The fraction of sp³-hybridized carbons (Fsp3) is 0.350. The number of aryl methyl sites for hydroxylation is 2. The van der Waals surface area contributed by atoms with Gasteiger partial charge < -0.3 is 14.6 Å². The molecule has 1 aliphatic carbocycles. The van der Waals surface area contributed by atoms with Gasteiger partial charge in [0.1, 0.15) is 5.00 Å². The number of ether oxygens (including phenoxy) is 1. The first-order chi connectivity index (χ1) is 13.6. The van der Waals surface area contributed by atoms with Gasteiger partial charge in [-0.25, -0.2) is 9.78 Å². The predicted octanol–water partition coefficient (Wildman–Crippen LogP) is 4.12. The number of fused-ring (bicyclic) bond motifs is 2. The molecule has 0 saturated heterocycles. The van der Waals surface area contributed by atoms with Gasteiger partial charge >= 0.3 is 5.97 Å². The zero-order chi connectivity index (χ0) is 19.7. The van der Waals surface area contributed by atoms with Crippen molar-refractivity contribution in [3.05, 3.63) is 40.3 Å². The van der Waals surface area contributed by atoms with Gasteiger partial charge in [-0.15, -0.1) is 11.3 Å². The summed E-state index contributed by atoms with van der Waals surface area (Å²) in [6.07, 6.45) is 2.86. The van der Waals surface area contributed by atoms with E-state index in [1.54, 1.807) is 0 Å². The standard InChI is InChI=1S/C20H21N3O3S2/c1-3-23-14-9-5-4-8-13(14)21-20(23)27-11-16(24)22-18-17(19(25)26-2)12-7-6-10-15(12)28-18/h4-5,8-9H,3,6-7,10-11H2,1-2H3,(H,22,24). The largest absolute Gasteiger partial charge is 0.465 e. The normalized spacial score (nSPS) is 12.9. The second-order valence-electron chi connectivity index (χ2n) is 6.52. The molecule has 3 aromatic rings. The van der Waals surface area contributed by atoms with Crippen LogP contribution in [0.5, 0.6) is 0 Å². The van der Waals surface area contributed by atoms with Gasteiger partial charge in [0.15, 0.2) is 5.16 Å². The molecule has 4 rings (SSSR count). The number of amides is 1. The van der Waals surface area contributed by atoms with Crippen molar-refractivity contribution in [3.8, 4) is 0 Å². The third-order valence-electron chi connectivity index (χ3n) is 4.83. The molecule has 2 aromatic heterocycles. The van der Waals surface area contributed by atoms with Gasteiger partial charge in [-0.2, -0.15) is 0 Å². The number of hydrogen-bond donors (Lipinski definition) is 1. The molecular weight excluding hydrogens is 394 g/mol. The van der Waals surface area contributed by atoms with Crippen LogP contribution in [0, 0.1) is 0 Å². The van der Waals surface area contributed by atoms with Crippen LogP contribution in [-0.4, -0.2) is 34.3 Å². The summed E-state index contributed by atoms with van der Waals surface area (Å²) in [6, 6.07) is 7.95. The number of carbonyl (C=O) groups is 2. The Morgan fingerprint density at radius 1 is 1.32 bits per heavy atom. The summed E-state index contributed by atoms with van der Waals surface area (Å²) in [4.78, 5) is 30.6. The average Bonchev–Trinajstić information content (AvgIpc) is 3.37. The number of nitrogens with zero attached hydrogens (tertiary/aromatic N) is 2. The summed E-state index contributed by atoms with van der Waals surface area (Å²) < 4.78 is 7.04. The van der Waals surface area contributed by atoms with Crippen LogP contribution in [0.4, 0.5) is 5.00 Å². The zero-order valence-corrected chi connectivity index (χ0v) is 17.4. The molecule has 1 N–H and O–H groups in total. The van der Waals surface area contributed by atoms with Crippen molar-refractivity contribution in [1.29, 1.82) is 0 Å². The maximum absolute atomic E-state index is 12.6. The van der Waals surface area contributed by atoms with E-state index in [1.165, 1.54) is 35.1 Å². The van der Waals surface area contributed by atoms with Crippen LogP contribution in [0.2, 0.25) is 0 Å². The number of carbonyl (C=O) groups excluding carboxylic acids is 2. The molecule has 0 atom stereocenters. The number of rotatable bonds is 6. The van der Waals surface area contributed by atoms with E-state index in [0.717, 1.165) is 47.6 Å². The van der Waals surface area contributed by atoms with E-state index in [9.17, 15) is 9.59 Å². The smallest absolute Gasteiger partial charge is 0.341 e. The minimum absolute atomic E-state index is 0.148. The minimum Gasteiger partial charge on any atom is -0.465 e. The zero-order valence-electron chi connectivity index (χ0n) is 15.8. The van der Waals surface area contributed by atoms with Crippen LogP contribution < -0.4 is 5.32 Å². The first kappa shape index (κ1) is 19.0. The Labute approximate surface area is 171 Å². The van der Waals surface area contributed by atoms with E-state index < -0.39 is 0 Å². The van der Waals surface area contributed by atoms with Crippen LogP contribution >= 0.6 is 23.1 Å². The highest BCUT2D eigenvalue weighted by Gasteiger charge is 2.28. The molecule has 8 heteroatoms. The van der Waals surface area contributed by atoms with Crippen molar-refractivity contribution in [2.24, 2.45) is 0 Å². The van der Waals surface area contributed by atoms with E-state index in [0.29, 0.717) is 10.6 Å². The van der Waals surface area contributed by atoms with E-state index in [2.05, 4.69) is 21.8 Å². The molecule has 0 fully saturated rings. The minimum atomic E-state index is -0.380. The number of nitrogens with one attached hydrogen (secondary N) is 1. The second kappa shape index (κ2) is 7.97. The molecule has 0 spiro atoms. The Hall–Kier alpha value is -2.32. The van der Waals surface area contributed by atoms with Crippen molar-refractivity contribution in [2.45, 2.75) is 37.9 Å². The van der Waals surface area contributed by atoms with Gasteiger partial charge in [0, 0.05) is 11.4 Å². The van der Waals surface area contributed by atoms with Crippen LogP contribution in [-0.2, 0) is 28.9 Å². The fourth-order valence-electron chi connectivity index (χ4n) is 3.57. The summed E-state index contributed by atoms with van der Waals surface area (Å²) in [7, 11) is 1.37. The van der Waals surface area contributed by atoms with Crippen molar-refractivity contribution in [2.75, 3.05) is 18.2 Å². The molecule has 0 radical (unpaired) electrons. The van der Waals surface area contributed by atoms with E-state index in [4.69, 9.17) is 4.74 Å². The molecule has 0 bridgehead atoms. The molecule has 28 heavy (non-hydrogen) atoms. The Balaban J connectivity index is 1.50. The van der Waals surface area contributed by atoms with Gasteiger partial charge in [0.25, 0.3) is 0 Å². The molecule has 6 nitrogen and oxygen atoms in total. The molecule has 2 heterocycles. The van der Waals surface area contributed by atoms with Crippen molar-refractivity contribution >= 4 is 51.0 Å². The Bertz CT molecular complexity index is 1050. The quantitative estimate of drug-likeness (QED) is 0.484. The monoisotopic (exact) mass is 415 g/mol. The number of thioether (sulfide) groups is 1. The number of hydrogen-bond acceptors (Lipinski definition) is 6. The molecule has 0 saturated carbocycles. The molecular formula is C20H21N3O3S2. The number of aromatic nitrogens is 2. The van der Waals surface area contributed by atoms with Gasteiger partial charge in [-0.1, -0.05) is 23.9 Å². The van der Waals surface area contributed by atoms with Crippen LogP contribution in [0.3, 0.4) is 0 Å². The Morgan fingerprint density at radius 3 is 2.93 bits per heavy atom. The summed E-state index contributed by atoms with van der Waals surface area (Å²) in [6.45, 7) is 2.85. The predicted molar refractivity (Wildman–Crippen MR) is 112 cm³/mol. The number of methoxy groups -OCH3 is 1. The second-order valence-corrected chi connectivity index (χ2v) is 8.56. The lowest BCUT2D eigenvalue weighted by Gasteiger charge is -2.08. The molecule has 1 aromatic carbocycles. The van der Waals surface area contributed by atoms with E-state index in [1.807, 2.05) is 24.3 Å². The summed E-state index contributed by atoms with van der Waals surface area (Å²) in [5.41, 5.74) is 3.55. The van der Waals surface area contributed by atoms with Crippen molar-refractivity contribution < 1.29 is 14.3 Å². The lowest BCUT2D eigenvalue weighted by atomic mass is 10.1. The maximum atomic E-state index is 12.6. The SMILES string of the molecule is CCn1c(SCC(=O)Nc2sc3c(c2C(=O)OC)CCC3)nc2ccccc21. The Kier molecular flexibility index (Phi) is 5.41. The number of para-hydroxylation sites is 2. The highest BCUT2D eigenvalue weighted by atomic mass is 32.2. The molecule has 0 unspecified atom stereocenters. The number of thiophene rings is 1. The van der Waals surface area contributed by atoms with Gasteiger partial charge in [-0.05, 0) is 43.9 Å². The number of esters is 1. The lowest BCUT2D eigenvalue weighted by Crippen LogP contribution is -2.16. The average molecular weight is 416 g/mol. The summed E-state index contributed by atoms with van der Waals surface area (Å²) >= 11 is 2.89. The number of benzene rings is 1. The fourth-order valence-corrected chi connectivity index (χ4v) is 5.74. The van der Waals surface area contributed by atoms with Gasteiger partial charge in [0.05, 0.1) is 29.5 Å². The van der Waals surface area contributed by atoms with Crippen molar-refractivity contribution in [1.82, 2.24) is 9.55 Å². The number of anilines is 1. The first-order valence-corrected chi connectivity index (χ1v) is 11.0. The number of imidazole rings is 1. The summed E-state index contributed by atoms with van der Waals surface area (Å²) in [5.74, 6) is -0.299. The van der Waals surface area contributed by atoms with E-state index in [-0.39, 0.29) is 17.6 Å². The van der Waals surface area contributed by atoms with Gasteiger partial charge in [-0.3, -0.25) is 4.79 Å². The van der Waals surface area contributed by atoms with Crippen molar-refractivity contribution in [3.63, 3.8) is 0 Å². The Morgan fingerprint density at radius 2 is 2.14 bits per heavy atom. The molecule has 146 valence electrons. The molecule has 0 aliphatic heterocycles. The topological polar surface area (TPSA) is 73.2 Å². The molecule has 1 aliphatic rings. The van der Waals surface area contributed by atoms with Crippen LogP contribution in [0.15, 0.2) is 29.4 Å². The van der Waals surface area contributed by atoms with Crippen LogP contribution in [0.1, 0.15) is 34.1 Å².